The summed E-state index contributed by atoms with van der Waals surface area (Å²) in [5.74, 6) is 0.792. The van der Waals surface area contributed by atoms with Crippen molar-refractivity contribution in [3.63, 3.8) is 0 Å². The van der Waals surface area contributed by atoms with E-state index < -0.39 is 0 Å². The van der Waals surface area contributed by atoms with E-state index >= 15 is 0 Å². The van der Waals surface area contributed by atoms with E-state index in [4.69, 9.17) is 5.26 Å². The second-order valence-corrected chi connectivity index (χ2v) is 3.73. The lowest BCUT2D eigenvalue weighted by Crippen LogP contribution is -2.17. The van der Waals surface area contributed by atoms with Gasteiger partial charge in [-0.25, -0.2) is 4.98 Å². The third-order valence-electron chi connectivity index (χ3n) is 2.43. The molecule has 0 aromatic carbocycles. The van der Waals surface area contributed by atoms with Gasteiger partial charge in [0.25, 0.3) is 0 Å². The second-order valence-electron chi connectivity index (χ2n) is 3.73. The summed E-state index contributed by atoms with van der Waals surface area (Å²) in [5, 5.41) is 8.83. The molecule has 0 bridgehead atoms. The van der Waals surface area contributed by atoms with Crippen LogP contribution in [0.2, 0.25) is 0 Å². The summed E-state index contributed by atoms with van der Waals surface area (Å²) < 4.78 is 0. The maximum Gasteiger partial charge on any atom is 0.129 e. The highest BCUT2D eigenvalue weighted by molar-refractivity contribution is 5.44. The van der Waals surface area contributed by atoms with Crippen LogP contribution in [0.15, 0.2) is 42.9 Å². The first-order valence-electron chi connectivity index (χ1n) is 5.26. The Kier molecular flexibility index (Phi) is 3.31. The van der Waals surface area contributed by atoms with Gasteiger partial charge in [-0.1, -0.05) is 0 Å². The molecule has 0 saturated carbocycles. The van der Waals surface area contributed by atoms with Crippen molar-refractivity contribution in [1.29, 1.82) is 5.26 Å². The molecule has 0 spiro atoms. The number of rotatable bonds is 3. The van der Waals surface area contributed by atoms with Crippen molar-refractivity contribution in [3.8, 4) is 6.07 Å². The van der Waals surface area contributed by atoms with Crippen LogP contribution in [-0.4, -0.2) is 17.0 Å². The van der Waals surface area contributed by atoms with Crippen LogP contribution in [0.4, 0.5) is 5.82 Å². The average molecular weight is 224 g/mol. The number of aromatic nitrogens is 2. The van der Waals surface area contributed by atoms with Crippen molar-refractivity contribution >= 4 is 5.82 Å². The molecule has 0 fully saturated rings. The number of pyridine rings is 2. The molecule has 0 N–H and O–H groups in total. The van der Waals surface area contributed by atoms with Crippen molar-refractivity contribution < 1.29 is 0 Å². The van der Waals surface area contributed by atoms with E-state index in [9.17, 15) is 0 Å². The first kappa shape index (κ1) is 11.1. The van der Waals surface area contributed by atoms with Crippen LogP contribution in [0.5, 0.6) is 0 Å². The Labute approximate surface area is 100 Å². The summed E-state index contributed by atoms with van der Waals surface area (Å²) in [6, 6.07) is 9.51. The number of nitriles is 1. The van der Waals surface area contributed by atoms with Crippen LogP contribution in [-0.2, 0) is 6.54 Å². The van der Waals surface area contributed by atoms with Gasteiger partial charge in [0.05, 0.1) is 11.6 Å². The molecule has 2 heterocycles. The Balaban J connectivity index is 2.15. The Morgan fingerprint density at radius 3 is 2.71 bits per heavy atom. The summed E-state index contributed by atoms with van der Waals surface area (Å²) in [6.07, 6.45) is 5.18. The average Bonchev–Trinajstić information content (AvgIpc) is 2.40. The molecule has 0 aliphatic heterocycles. The van der Waals surface area contributed by atoms with E-state index in [-0.39, 0.29) is 0 Å². The molecule has 0 saturated heterocycles. The standard InChI is InChI=1S/C13H12N4/c1-17(10-11-2-5-15-6-3-11)13-8-12(9-14)4-7-16-13/h2-8H,10H2,1H3. The first-order chi connectivity index (χ1) is 8.29. The van der Waals surface area contributed by atoms with Gasteiger partial charge in [0.15, 0.2) is 0 Å². The maximum atomic E-state index is 8.83. The van der Waals surface area contributed by atoms with E-state index in [1.807, 2.05) is 24.1 Å². The lowest BCUT2D eigenvalue weighted by atomic mass is 10.2. The first-order valence-corrected chi connectivity index (χ1v) is 5.26. The number of anilines is 1. The molecule has 84 valence electrons. The highest BCUT2D eigenvalue weighted by atomic mass is 15.2. The van der Waals surface area contributed by atoms with Crippen molar-refractivity contribution in [2.75, 3.05) is 11.9 Å². The summed E-state index contributed by atoms with van der Waals surface area (Å²) in [6.45, 7) is 0.740. The zero-order valence-electron chi connectivity index (χ0n) is 9.54. The quantitative estimate of drug-likeness (QED) is 0.800. The minimum atomic E-state index is 0.622. The fourth-order valence-corrected chi connectivity index (χ4v) is 1.54. The Bertz CT molecular complexity index is 531. The van der Waals surface area contributed by atoms with Gasteiger partial charge >= 0.3 is 0 Å². The van der Waals surface area contributed by atoms with Gasteiger partial charge < -0.3 is 4.90 Å². The predicted molar refractivity (Wildman–Crippen MR) is 65.3 cm³/mol. The largest absolute Gasteiger partial charge is 0.355 e. The fourth-order valence-electron chi connectivity index (χ4n) is 1.54. The van der Waals surface area contributed by atoms with Gasteiger partial charge in [0, 0.05) is 32.2 Å². The molecule has 0 amide bonds. The second kappa shape index (κ2) is 5.08. The summed E-state index contributed by atoms with van der Waals surface area (Å²) in [4.78, 5) is 10.2. The van der Waals surface area contributed by atoms with Crippen LogP contribution in [0.1, 0.15) is 11.1 Å². The lowest BCUT2D eigenvalue weighted by Gasteiger charge is -2.17. The van der Waals surface area contributed by atoms with Gasteiger partial charge in [0.2, 0.25) is 0 Å². The van der Waals surface area contributed by atoms with Crippen molar-refractivity contribution in [2.24, 2.45) is 0 Å². The monoisotopic (exact) mass is 224 g/mol. The Morgan fingerprint density at radius 1 is 1.24 bits per heavy atom. The highest BCUT2D eigenvalue weighted by Crippen LogP contribution is 2.13. The molecule has 4 nitrogen and oxygen atoms in total. The SMILES string of the molecule is CN(Cc1ccncc1)c1cc(C#N)ccn1. The van der Waals surface area contributed by atoms with Crippen LogP contribution < -0.4 is 4.90 Å². The number of nitrogens with zero attached hydrogens (tertiary/aromatic N) is 4. The Hall–Kier alpha value is -2.41. The summed E-state index contributed by atoms with van der Waals surface area (Å²) >= 11 is 0. The minimum absolute atomic E-state index is 0.622. The maximum absolute atomic E-state index is 8.83. The third kappa shape index (κ3) is 2.79. The minimum Gasteiger partial charge on any atom is -0.355 e. The number of hydrogen-bond donors (Lipinski definition) is 0. The van der Waals surface area contributed by atoms with Crippen molar-refractivity contribution in [2.45, 2.75) is 6.54 Å². The van der Waals surface area contributed by atoms with E-state index in [0.717, 1.165) is 17.9 Å². The normalized spacial score (nSPS) is 9.65. The molecule has 0 radical (unpaired) electrons. The molecule has 0 aliphatic carbocycles. The Morgan fingerprint density at radius 2 is 2.00 bits per heavy atom. The van der Waals surface area contributed by atoms with Gasteiger partial charge in [0.1, 0.15) is 5.82 Å². The molecular weight excluding hydrogens is 212 g/mol. The van der Waals surface area contributed by atoms with Crippen molar-refractivity contribution in [3.05, 3.63) is 54.0 Å². The predicted octanol–water partition coefficient (Wildman–Crippen LogP) is 1.98. The van der Waals surface area contributed by atoms with Crippen LogP contribution >= 0.6 is 0 Å². The van der Waals surface area contributed by atoms with Crippen LogP contribution in [0, 0.1) is 11.3 Å². The zero-order valence-corrected chi connectivity index (χ0v) is 9.54. The lowest BCUT2D eigenvalue weighted by molar-refractivity contribution is 0.895. The summed E-state index contributed by atoms with van der Waals surface area (Å²) in [7, 11) is 1.95. The summed E-state index contributed by atoms with van der Waals surface area (Å²) in [5.41, 5.74) is 1.78. The van der Waals surface area contributed by atoms with E-state index in [0.29, 0.717) is 5.56 Å². The molecule has 0 unspecified atom stereocenters. The third-order valence-corrected chi connectivity index (χ3v) is 2.43. The van der Waals surface area contributed by atoms with Gasteiger partial charge in [-0.2, -0.15) is 5.26 Å². The van der Waals surface area contributed by atoms with Gasteiger partial charge in [-0.15, -0.1) is 0 Å². The van der Waals surface area contributed by atoms with Crippen LogP contribution in [0.3, 0.4) is 0 Å². The molecular formula is C13H12N4. The molecule has 4 heteroatoms. The van der Waals surface area contributed by atoms with Crippen LogP contribution in [0.25, 0.3) is 0 Å². The molecule has 0 aliphatic rings. The zero-order chi connectivity index (χ0) is 12.1. The van der Waals surface area contributed by atoms with Gasteiger partial charge in [-0.05, 0) is 29.8 Å². The topological polar surface area (TPSA) is 52.8 Å². The molecule has 2 aromatic rings. The van der Waals surface area contributed by atoms with Gasteiger partial charge in [-0.3, -0.25) is 4.98 Å². The molecule has 17 heavy (non-hydrogen) atoms. The number of hydrogen-bond acceptors (Lipinski definition) is 4. The van der Waals surface area contributed by atoms with E-state index in [1.165, 1.54) is 0 Å². The fraction of sp³-hybridized carbons (Fsp3) is 0.154. The molecule has 2 aromatic heterocycles. The highest BCUT2D eigenvalue weighted by Gasteiger charge is 2.04. The van der Waals surface area contributed by atoms with E-state index in [2.05, 4.69) is 16.0 Å². The smallest absolute Gasteiger partial charge is 0.129 e. The van der Waals surface area contributed by atoms with Crippen molar-refractivity contribution in [1.82, 2.24) is 9.97 Å². The molecule has 0 atom stereocenters. The molecule has 2 rings (SSSR count). The van der Waals surface area contributed by atoms with E-state index in [1.54, 1.807) is 30.7 Å².